The monoisotopic (exact) mass is 241 g/mol. The van der Waals surface area contributed by atoms with Crippen LogP contribution in [0.1, 0.15) is 24.6 Å². The summed E-state index contributed by atoms with van der Waals surface area (Å²) in [6.07, 6.45) is -1.57. The molecule has 1 aromatic heterocycles. The third-order valence-electron chi connectivity index (χ3n) is 2.42. The normalized spacial score (nSPS) is 25.6. The van der Waals surface area contributed by atoms with Gasteiger partial charge in [0.1, 0.15) is 0 Å². The second-order valence-electron chi connectivity index (χ2n) is 3.56. The minimum atomic E-state index is -4.35. The highest BCUT2D eigenvalue weighted by molar-refractivity contribution is 5.85. The molecule has 2 N–H and O–H groups in total. The molecule has 1 fully saturated rings. The van der Waals surface area contributed by atoms with E-state index in [2.05, 4.69) is 5.10 Å². The highest BCUT2D eigenvalue weighted by Gasteiger charge is 2.35. The number of rotatable bonds is 1. The number of aromatic nitrogens is 2. The van der Waals surface area contributed by atoms with Crippen molar-refractivity contribution in [3.63, 3.8) is 0 Å². The summed E-state index contributed by atoms with van der Waals surface area (Å²) in [4.78, 5) is 0. The number of alkyl halides is 3. The predicted octanol–water partition coefficient (Wildman–Crippen LogP) is 1.99. The van der Waals surface area contributed by atoms with Crippen molar-refractivity contribution in [1.29, 1.82) is 0 Å². The average molecular weight is 242 g/mol. The van der Waals surface area contributed by atoms with Gasteiger partial charge in [-0.1, -0.05) is 0 Å². The summed E-state index contributed by atoms with van der Waals surface area (Å²) >= 11 is 0. The maximum atomic E-state index is 12.2. The summed E-state index contributed by atoms with van der Waals surface area (Å²) in [6, 6.07) is 1.14. The molecule has 0 saturated heterocycles. The van der Waals surface area contributed by atoms with Crippen LogP contribution in [0.5, 0.6) is 0 Å². The van der Waals surface area contributed by atoms with Crippen molar-refractivity contribution < 1.29 is 13.2 Å². The number of nitrogens with zero attached hydrogens (tertiary/aromatic N) is 2. The fraction of sp³-hybridized carbons (Fsp3) is 0.625. The summed E-state index contributed by atoms with van der Waals surface area (Å²) in [5.41, 5.74) is 4.70. The van der Waals surface area contributed by atoms with Crippen molar-refractivity contribution >= 4 is 12.4 Å². The van der Waals surface area contributed by atoms with Gasteiger partial charge in [-0.25, -0.2) is 0 Å². The minimum Gasteiger partial charge on any atom is -0.328 e. The second kappa shape index (κ2) is 4.02. The highest BCUT2D eigenvalue weighted by Crippen LogP contribution is 2.32. The number of nitrogens with two attached hydrogens (primary N) is 1. The van der Waals surface area contributed by atoms with Crippen LogP contribution < -0.4 is 5.73 Å². The van der Waals surface area contributed by atoms with Crippen molar-refractivity contribution in [1.82, 2.24) is 9.78 Å². The van der Waals surface area contributed by atoms with Gasteiger partial charge >= 0.3 is 6.18 Å². The highest BCUT2D eigenvalue weighted by atomic mass is 35.5. The Balaban J connectivity index is 0.00000112. The molecule has 0 radical (unpaired) electrons. The zero-order valence-electron chi connectivity index (χ0n) is 7.74. The first-order valence-corrected chi connectivity index (χ1v) is 4.35. The van der Waals surface area contributed by atoms with Gasteiger partial charge in [-0.2, -0.15) is 18.3 Å². The second-order valence-corrected chi connectivity index (χ2v) is 3.56. The van der Waals surface area contributed by atoms with E-state index in [-0.39, 0.29) is 24.5 Å². The molecule has 0 aliphatic heterocycles. The lowest BCUT2D eigenvalue weighted by Crippen LogP contribution is -2.38. The minimum absolute atomic E-state index is 0. The van der Waals surface area contributed by atoms with Crippen LogP contribution in [0.3, 0.4) is 0 Å². The van der Waals surface area contributed by atoms with Gasteiger partial charge in [0.25, 0.3) is 0 Å². The SMILES string of the molecule is Cl.NC1CC(n2ccc(C(F)(F)F)n2)C1. The van der Waals surface area contributed by atoms with Crippen molar-refractivity contribution in [2.75, 3.05) is 0 Å². The topological polar surface area (TPSA) is 43.8 Å². The van der Waals surface area contributed by atoms with Crippen LogP contribution in [0.25, 0.3) is 0 Å². The smallest absolute Gasteiger partial charge is 0.328 e. The van der Waals surface area contributed by atoms with Crippen LogP contribution in [0, 0.1) is 0 Å². The first-order chi connectivity index (χ1) is 6.47. The standard InChI is InChI=1S/C8H10F3N3.ClH/c9-8(10,11)7-1-2-14(13-7)6-3-5(12)4-6;/h1-2,5-6H,3-4,12H2;1H. The quantitative estimate of drug-likeness (QED) is 0.817. The van der Waals surface area contributed by atoms with Gasteiger partial charge in [0, 0.05) is 12.2 Å². The van der Waals surface area contributed by atoms with Crippen LogP contribution in [-0.2, 0) is 6.18 Å². The maximum Gasteiger partial charge on any atom is 0.435 e. The zero-order valence-corrected chi connectivity index (χ0v) is 8.55. The Hall–Kier alpha value is -0.750. The molecule has 1 aliphatic carbocycles. The van der Waals surface area contributed by atoms with Gasteiger partial charge in [-0.3, -0.25) is 4.68 Å². The summed E-state index contributed by atoms with van der Waals surface area (Å²) in [5.74, 6) is 0. The van der Waals surface area contributed by atoms with E-state index in [1.807, 2.05) is 0 Å². The third kappa shape index (κ3) is 2.43. The molecule has 15 heavy (non-hydrogen) atoms. The molecule has 0 spiro atoms. The van der Waals surface area contributed by atoms with Gasteiger partial charge in [-0.15, -0.1) is 12.4 Å². The molecule has 0 unspecified atom stereocenters. The maximum absolute atomic E-state index is 12.2. The Morgan fingerprint density at radius 3 is 2.40 bits per heavy atom. The van der Waals surface area contributed by atoms with Crippen molar-refractivity contribution in [2.45, 2.75) is 31.1 Å². The lowest BCUT2D eigenvalue weighted by Gasteiger charge is -2.32. The Morgan fingerprint density at radius 2 is 2.00 bits per heavy atom. The van der Waals surface area contributed by atoms with E-state index < -0.39 is 11.9 Å². The van der Waals surface area contributed by atoms with Gasteiger partial charge < -0.3 is 5.73 Å². The number of hydrogen-bond acceptors (Lipinski definition) is 2. The molecular formula is C8H11ClF3N3. The average Bonchev–Trinajstić information content (AvgIpc) is 2.45. The van der Waals surface area contributed by atoms with Gasteiger partial charge in [0.05, 0.1) is 6.04 Å². The molecule has 2 rings (SSSR count). The molecule has 1 aliphatic rings. The summed E-state index contributed by atoms with van der Waals surface area (Å²) < 4.78 is 37.8. The molecule has 1 saturated carbocycles. The van der Waals surface area contributed by atoms with Crippen molar-refractivity contribution in [3.05, 3.63) is 18.0 Å². The van der Waals surface area contributed by atoms with Crippen molar-refractivity contribution in [2.24, 2.45) is 5.73 Å². The Morgan fingerprint density at radius 1 is 1.40 bits per heavy atom. The van der Waals surface area contributed by atoms with E-state index in [0.717, 1.165) is 6.07 Å². The predicted molar refractivity (Wildman–Crippen MR) is 50.7 cm³/mol. The van der Waals surface area contributed by atoms with Crippen LogP contribution >= 0.6 is 12.4 Å². The molecule has 3 nitrogen and oxygen atoms in total. The van der Waals surface area contributed by atoms with E-state index in [4.69, 9.17) is 5.73 Å². The molecule has 86 valence electrons. The summed E-state index contributed by atoms with van der Waals surface area (Å²) in [7, 11) is 0. The van der Waals surface area contributed by atoms with E-state index >= 15 is 0 Å². The zero-order chi connectivity index (χ0) is 10.3. The molecule has 1 aromatic rings. The van der Waals surface area contributed by atoms with Crippen LogP contribution in [0.4, 0.5) is 13.2 Å². The third-order valence-corrected chi connectivity index (χ3v) is 2.42. The fourth-order valence-corrected chi connectivity index (χ4v) is 1.54. The Kier molecular flexibility index (Phi) is 3.30. The lowest BCUT2D eigenvalue weighted by molar-refractivity contribution is -0.141. The Labute approximate surface area is 90.8 Å². The van der Waals surface area contributed by atoms with Crippen LogP contribution in [0.15, 0.2) is 12.3 Å². The number of halogens is 4. The van der Waals surface area contributed by atoms with E-state index in [1.165, 1.54) is 10.9 Å². The first kappa shape index (κ1) is 12.3. The van der Waals surface area contributed by atoms with Gasteiger partial charge in [-0.05, 0) is 18.9 Å². The fourth-order valence-electron chi connectivity index (χ4n) is 1.54. The molecule has 1 heterocycles. The largest absolute Gasteiger partial charge is 0.435 e. The molecule has 0 bridgehead atoms. The summed E-state index contributed by atoms with van der Waals surface area (Å²) in [5, 5.41) is 3.47. The summed E-state index contributed by atoms with van der Waals surface area (Å²) in [6.45, 7) is 0. The van der Waals surface area contributed by atoms with Gasteiger partial charge in [0.2, 0.25) is 0 Å². The molecule has 7 heteroatoms. The van der Waals surface area contributed by atoms with Crippen LogP contribution in [0.2, 0.25) is 0 Å². The first-order valence-electron chi connectivity index (χ1n) is 4.35. The number of hydrogen-bond donors (Lipinski definition) is 1. The van der Waals surface area contributed by atoms with E-state index in [0.29, 0.717) is 12.8 Å². The lowest BCUT2D eigenvalue weighted by atomic mass is 9.88. The van der Waals surface area contributed by atoms with E-state index in [9.17, 15) is 13.2 Å². The van der Waals surface area contributed by atoms with Gasteiger partial charge in [0.15, 0.2) is 5.69 Å². The Bertz CT molecular complexity index is 330. The molecule has 0 aromatic carbocycles. The molecule has 0 atom stereocenters. The van der Waals surface area contributed by atoms with E-state index in [1.54, 1.807) is 0 Å². The van der Waals surface area contributed by atoms with Crippen LogP contribution in [-0.4, -0.2) is 15.8 Å². The molecular weight excluding hydrogens is 231 g/mol. The van der Waals surface area contributed by atoms with Crippen molar-refractivity contribution in [3.8, 4) is 0 Å². The molecule has 0 amide bonds.